The zero-order chi connectivity index (χ0) is 27.9. The van der Waals surface area contributed by atoms with Gasteiger partial charge in [0.25, 0.3) is 0 Å². The SMILES string of the molecule is Cc1c(COc2cccc(OCC3CCOCC3)c2)nc2ccc(-c3cncnc3)cc2c1OCc1ccccc1. The monoisotopic (exact) mass is 547 g/mol. The van der Waals surface area contributed by atoms with Gasteiger partial charge in [-0.1, -0.05) is 42.5 Å². The van der Waals surface area contributed by atoms with E-state index in [4.69, 9.17) is 23.9 Å². The predicted octanol–water partition coefficient (Wildman–Crippen LogP) is 6.96. The van der Waals surface area contributed by atoms with Crippen LogP contribution in [0, 0.1) is 12.8 Å². The first-order valence-corrected chi connectivity index (χ1v) is 14.0. The van der Waals surface area contributed by atoms with E-state index in [0.717, 1.165) is 82.2 Å². The number of hydrogen-bond donors (Lipinski definition) is 0. The minimum absolute atomic E-state index is 0.307. The van der Waals surface area contributed by atoms with Crippen LogP contribution >= 0.6 is 0 Å². The van der Waals surface area contributed by atoms with Crippen LogP contribution in [0.2, 0.25) is 0 Å². The second-order valence-corrected chi connectivity index (χ2v) is 10.3. The molecule has 0 bridgehead atoms. The van der Waals surface area contributed by atoms with E-state index >= 15 is 0 Å². The van der Waals surface area contributed by atoms with Gasteiger partial charge in [-0.25, -0.2) is 15.0 Å². The Morgan fingerprint density at radius 2 is 1.56 bits per heavy atom. The number of ether oxygens (including phenoxy) is 4. The van der Waals surface area contributed by atoms with Crippen LogP contribution in [-0.2, 0) is 18.0 Å². The lowest BCUT2D eigenvalue weighted by molar-refractivity contribution is 0.0497. The maximum absolute atomic E-state index is 6.47. The predicted molar refractivity (Wildman–Crippen MR) is 158 cm³/mol. The summed E-state index contributed by atoms with van der Waals surface area (Å²) in [5.74, 6) is 2.87. The molecule has 1 aliphatic heterocycles. The Bertz CT molecular complexity index is 1590. The highest BCUT2D eigenvalue weighted by molar-refractivity contribution is 5.90. The van der Waals surface area contributed by atoms with Crippen molar-refractivity contribution in [3.05, 3.63) is 108 Å². The maximum atomic E-state index is 6.47. The van der Waals surface area contributed by atoms with Gasteiger partial charge in [0, 0.05) is 48.2 Å². The summed E-state index contributed by atoms with van der Waals surface area (Å²) in [5.41, 5.74) is 5.65. The molecule has 2 aromatic heterocycles. The average Bonchev–Trinajstić information content (AvgIpc) is 3.04. The van der Waals surface area contributed by atoms with E-state index in [1.807, 2.05) is 73.9 Å². The van der Waals surface area contributed by atoms with E-state index < -0.39 is 0 Å². The van der Waals surface area contributed by atoms with Gasteiger partial charge in [-0.15, -0.1) is 0 Å². The van der Waals surface area contributed by atoms with Gasteiger partial charge in [-0.2, -0.15) is 0 Å². The number of fused-ring (bicyclic) bond motifs is 1. The Hall–Kier alpha value is -4.49. The van der Waals surface area contributed by atoms with Crippen molar-refractivity contribution in [3.63, 3.8) is 0 Å². The van der Waals surface area contributed by atoms with Crippen molar-refractivity contribution >= 4 is 10.9 Å². The topological polar surface area (TPSA) is 75.6 Å². The summed E-state index contributed by atoms with van der Waals surface area (Å²) >= 11 is 0. The third-order valence-electron chi connectivity index (χ3n) is 7.40. The molecule has 208 valence electrons. The molecule has 7 heteroatoms. The second-order valence-electron chi connectivity index (χ2n) is 10.3. The first kappa shape index (κ1) is 26.7. The van der Waals surface area contributed by atoms with Crippen molar-refractivity contribution in [1.29, 1.82) is 0 Å². The second kappa shape index (κ2) is 12.8. The van der Waals surface area contributed by atoms with Gasteiger partial charge in [0.2, 0.25) is 0 Å². The molecule has 6 rings (SSSR count). The molecule has 1 aliphatic rings. The molecule has 0 atom stereocenters. The Morgan fingerprint density at radius 3 is 2.37 bits per heavy atom. The molecule has 0 amide bonds. The van der Waals surface area contributed by atoms with Crippen LogP contribution in [0.5, 0.6) is 17.2 Å². The van der Waals surface area contributed by atoms with Crippen LogP contribution in [0.4, 0.5) is 0 Å². The summed E-state index contributed by atoms with van der Waals surface area (Å²) in [7, 11) is 0. The fourth-order valence-electron chi connectivity index (χ4n) is 4.99. The molecule has 0 N–H and O–H groups in total. The molecular weight excluding hydrogens is 514 g/mol. The first-order chi connectivity index (χ1) is 20.2. The minimum Gasteiger partial charge on any atom is -0.493 e. The number of rotatable bonds is 10. The molecule has 0 radical (unpaired) electrons. The lowest BCUT2D eigenvalue weighted by atomic mass is 10.0. The fourth-order valence-corrected chi connectivity index (χ4v) is 4.99. The highest BCUT2D eigenvalue weighted by atomic mass is 16.5. The van der Waals surface area contributed by atoms with Crippen LogP contribution in [0.25, 0.3) is 22.0 Å². The third-order valence-corrected chi connectivity index (χ3v) is 7.40. The van der Waals surface area contributed by atoms with E-state index in [9.17, 15) is 0 Å². The highest BCUT2D eigenvalue weighted by Gasteiger charge is 2.17. The summed E-state index contributed by atoms with van der Waals surface area (Å²) in [6.07, 6.45) is 7.23. The standard InChI is InChI=1S/C34H33N3O4/c1-24-33(22-40-30-9-5-8-29(17-30)39-20-26-12-14-38-15-13-26)37-32-11-10-27(28-18-35-23-36-19-28)16-31(32)34(24)41-21-25-6-3-2-4-7-25/h2-11,16-19,23,26H,12-15,20-22H2,1H3. The van der Waals surface area contributed by atoms with Gasteiger partial charge in [-0.05, 0) is 61.1 Å². The van der Waals surface area contributed by atoms with E-state index in [2.05, 4.69) is 28.2 Å². The summed E-state index contributed by atoms with van der Waals surface area (Å²) < 4.78 is 24.2. The summed E-state index contributed by atoms with van der Waals surface area (Å²) in [5, 5.41) is 0.937. The van der Waals surface area contributed by atoms with Gasteiger partial charge in [0.05, 0.1) is 17.8 Å². The normalized spacial score (nSPS) is 13.7. The fraction of sp³-hybridized carbons (Fsp3) is 0.265. The van der Waals surface area contributed by atoms with Crippen molar-refractivity contribution in [2.45, 2.75) is 33.0 Å². The van der Waals surface area contributed by atoms with Gasteiger partial charge in [-0.3, -0.25) is 0 Å². The molecule has 3 aromatic carbocycles. The zero-order valence-corrected chi connectivity index (χ0v) is 23.2. The van der Waals surface area contributed by atoms with Gasteiger partial charge in [0.15, 0.2) is 0 Å². The lowest BCUT2D eigenvalue weighted by Gasteiger charge is -2.22. The van der Waals surface area contributed by atoms with Crippen molar-refractivity contribution in [2.75, 3.05) is 19.8 Å². The van der Waals surface area contributed by atoms with Crippen molar-refractivity contribution in [1.82, 2.24) is 15.0 Å². The van der Waals surface area contributed by atoms with Crippen LogP contribution in [0.15, 0.2) is 91.5 Å². The molecular formula is C34H33N3O4. The largest absolute Gasteiger partial charge is 0.493 e. The molecule has 3 heterocycles. The van der Waals surface area contributed by atoms with Crippen LogP contribution in [0.1, 0.15) is 29.7 Å². The smallest absolute Gasteiger partial charge is 0.134 e. The van der Waals surface area contributed by atoms with E-state index in [1.165, 1.54) is 6.33 Å². The Labute approximate surface area is 240 Å². The minimum atomic E-state index is 0.307. The van der Waals surface area contributed by atoms with Crippen molar-refractivity contribution in [2.24, 2.45) is 5.92 Å². The number of pyridine rings is 1. The van der Waals surface area contributed by atoms with Crippen molar-refractivity contribution < 1.29 is 18.9 Å². The molecule has 1 fully saturated rings. The molecule has 0 saturated carbocycles. The van der Waals surface area contributed by atoms with Gasteiger partial charge >= 0.3 is 0 Å². The lowest BCUT2D eigenvalue weighted by Crippen LogP contribution is -2.21. The zero-order valence-electron chi connectivity index (χ0n) is 23.2. The molecule has 0 unspecified atom stereocenters. The van der Waals surface area contributed by atoms with E-state index in [1.54, 1.807) is 0 Å². The first-order valence-electron chi connectivity index (χ1n) is 14.0. The van der Waals surface area contributed by atoms with Gasteiger partial charge in [0.1, 0.15) is 36.8 Å². The molecule has 0 spiro atoms. The molecule has 7 nitrogen and oxygen atoms in total. The average molecular weight is 548 g/mol. The Morgan fingerprint density at radius 1 is 0.780 bits per heavy atom. The van der Waals surface area contributed by atoms with Crippen molar-refractivity contribution in [3.8, 4) is 28.4 Å². The van der Waals surface area contributed by atoms with E-state index in [0.29, 0.717) is 25.7 Å². The van der Waals surface area contributed by atoms with Gasteiger partial charge < -0.3 is 18.9 Å². The van der Waals surface area contributed by atoms with Crippen LogP contribution in [0.3, 0.4) is 0 Å². The Balaban J connectivity index is 1.24. The Kier molecular flexibility index (Phi) is 8.33. The van der Waals surface area contributed by atoms with Crippen LogP contribution in [-0.4, -0.2) is 34.8 Å². The summed E-state index contributed by atoms with van der Waals surface area (Å²) in [6.45, 7) is 5.12. The number of hydrogen-bond acceptors (Lipinski definition) is 7. The maximum Gasteiger partial charge on any atom is 0.134 e. The summed E-state index contributed by atoms with van der Waals surface area (Å²) in [6, 6.07) is 24.1. The molecule has 5 aromatic rings. The third kappa shape index (κ3) is 6.64. The number of aromatic nitrogens is 3. The highest BCUT2D eigenvalue weighted by Crippen LogP contribution is 2.35. The molecule has 0 aliphatic carbocycles. The number of nitrogens with zero attached hydrogens (tertiary/aromatic N) is 3. The summed E-state index contributed by atoms with van der Waals surface area (Å²) in [4.78, 5) is 13.3. The molecule has 41 heavy (non-hydrogen) atoms. The van der Waals surface area contributed by atoms with E-state index in [-0.39, 0.29) is 0 Å². The quantitative estimate of drug-likeness (QED) is 0.187. The number of benzene rings is 3. The molecule has 1 saturated heterocycles. The van der Waals surface area contributed by atoms with Crippen LogP contribution < -0.4 is 14.2 Å².